The molecule has 1 aromatic rings. The first-order valence-electron chi connectivity index (χ1n) is 4.78. The molecule has 1 N–H and O–H groups in total. The highest BCUT2D eigenvalue weighted by molar-refractivity contribution is 8.01. The summed E-state index contributed by atoms with van der Waals surface area (Å²) in [6.07, 6.45) is -2.51. The van der Waals surface area contributed by atoms with Gasteiger partial charge in [0.2, 0.25) is 10.9 Å². The second-order valence-corrected chi connectivity index (χ2v) is 5.70. The zero-order valence-corrected chi connectivity index (χ0v) is 10.1. The Morgan fingerprint density at radius 2 is 2.18 bits per heavy atom. The van der Waals surface area contributed by atoms with Gasteiger partial charge >= 0.3 is 6.18 Å². The van der Waals surface area contributed by atoms with E-state index in [4.69, 9.17) is 0 Å². The van der Waals surface area contributed by atoms with E-state index in [9.17, 15) is 18.0 Å². The topological polar surface area (TPSA) is 54.9 Å². The average molecular weight is 283 g/mol. The molecule has 0 saturated heterocycles. The van der Waals surface area contributed by atoms with Crippen molar-refractivity contribution in [1.29, 1.82) is 0 Å². The monoisotopic (exact) mass is 283 g/mol. The molecule has 9 heteroatoms. The Kier molecular flexibility index (Phi) is 3.57. The summed E-state index contributed by atoms with van der Waals surface area (Å²) in [6, 6.07) is 0.253. The van der Waals surface area contributed by atoms with Crippen molar-refractivity contribution in [2.24, 2.45) is 0 Å². The molecule has 0 unspecified atom stereocenters. The van der Waals surface area contributed by atoms with E-state index in [1.54, 1.807) is 0 Å². The fourth-order valence-corrected chi connectivity index (χ4v) is 2.54. The van der Waals surface area contributed by atoms with E-state index in [-0.39, 0.29) is 22.0 Å². The van der Waals surface area contributed by atoms with Crippen LogP contribution in [0.4, 0.5) is 13.2 Å². The van der Waals surface area contributed by atoms with Crippen LogP contribution in [0.3, 0.4) is 0 Å². The lowest BCUT2D eigenvalue weighted by molar-refractivity contribution is -0.138. The molecule has 1 aromatic heterocycles. The molecule has 0 aliphatic heterocycles. The molecular weight excluding hydrogens is 275 g/mol. The zero-order valence-electron chi connectivity index (χ0n) is 8.45. The first-order valence-corrected chi connectivity index (χ1v) is 6.58. The molecule has 1 fully saturated rings. The predicted molar refractivity (Wildman–Crippen MR) is 56.8 cm³/mol. The lowest BCUT2D eigenvalue weighted by Crippen LogP contribution is -2.26. The number of aromatic nitrogens is 2. The van der Waals surface area contributed by atoms with Crippen molar-refractivity contribution >= 4 is 29.0 Å². The molecule has 1 aliphatic rings. The van der Waals surface area contributed by atoms with Gasteiger partial charge in [-0.25, -0.2) is 0 Å². The number of thioether (sulfide) groups is 1. The number of hydrogen-bond acceptors (Lipinski definition) is 5. The highest BCUT2D eigenvalue weighted by atomic mass is 32.2. The zero-order chi connectivity index (χ0) is 12.5. The van der Waals surface area contributed by atoms with E-state index in [1.807, 2.05) is 0 Å². The normalized spacial score (nSPS) is 15.9. The molecule has 1 amide bonds. The van der Waals surface area contributed by atoms with Crippen LogP contribution >= 0.6 is 23.1 Å². The molecule has 0 atom stereocenters. The Bertz CT molecular complexity index is 416. The number of carbonyl (C=O) groups is 1. The molecule has 1 saturated carbocycles. The summed E-state index contributed by atoms with van der Waals surface area (Å²) >= 11 is 1.42. The smallest absolute Gasteiger partial charge is 0.353 e. The quantitative estimate of drug-likeness (QED) is 0.858. The minimum atomic E-state index is -4.47. The molecule has 94 valence electrons. The average Bonchev–Trinajstić information content (AvgIpc) is 2.90. The van der Waals surface area contributed by atoms with Crippen molar-refractivity contribution in [1.82, 2.24) is 15.5 Å². The Hall–Kier alpha value is -0.830. The lowest BCUT2D eigenvalue weighted by Gasteiger charge is -2.00. The molecule has 1 heterocycles. The van der Waals surface area contributed by atoms with Crippen molar-refractivity contribution < 1.29 is 18.0 Å². The third-order valence-corrected chi connectivity index (χ3v) is 4.02. The van der Waals surface area contributed by atoms with Crippen molar-refractivity contribution in [3.8, 4) is 0 Å². The highest BCUT2D eigenvalue weighted by Crippen LogP contribution is 2.34. The lowest BCUT2D eigenvalue weighted by atomic mass is 10.6. The maximum absolute atomic E-state index is 12.2. The highest BCUT2D eigenvalue weighted by Gasteiger charge is 2.35. The SMILES string of the molecule is O=C(CSc1nnc(C(F)(F)F)s1)NC1CC1. The summed E-state index contributed by atoms with van der Waals surface area (Å²) in [5, 5.41) is 8.16. The number of carbonyl (C=O) groups excluding carboxylic acids is 1. The van der Waals surface area contributed by atoms with E-state index in [0.29, 0.717) is 11.3 Å². The Morgan fingerprint density at radius 3 is 2.71 bits per heavy atom. The number of alkyl halides is 3. The second kappa shape index (κ2) is 4.81. The Morgan fingerprint density at radius 1 is 1.47 bits per heavy atom. The summed E-state index contributed by atoms with van der Waals surface area (Å²) in [7, 11) is 0. The van der Waals surface area contributed by atoms with Crippen molar-refractivity contribution in [2.75, 3.05) is 5.75 Å². The standard InChI is InChI=1S/C8H8F3N3OS2/c9-8(10,11)6-13-14-7(17-6)16-3-5(15)12-4-1-2-4/h4H,1-3H2,(H,12,15). The summed E-state index contributed by atoms with van der Waals surface area (Å²) in [5.74, 6) is -0.107. The number of nitrogens with one attached hydrogen (secondary N) is 1. The van der Waals surface area contributed by atoms with Gasteiger partial charge in [-0.15, -0.1) is 10.2 Å². The van der Waals surface area contributed by atoms with Crippen LogP contribution in [0.1, 0.15) is 17.8 Å². The number of hydrogen-bond donors (Lipinski definition) is 1. The molecule has 0 spiro atoms. The molecule has 4 nitrogen and oxygen atoms in total. The summed E-state index contributed by atoms with van der Waals surface area (Å²) in [4.78, 5) is 11.3. The molecule has 2 rings (SSSR count). The van der Waals surface area contributed by atoms with E-state index in [0.717, 1.165) is 24.6 Å². The molecule has 0 aromatic carbocycles. The third kappa shape index (κ3) is 3.84. The largest absolute Gasteiger partial charge is 0.445 e. The molecule has 0 radical (unpaired) electrons. The van der Waals surface area contributed by atoms with Crippen LogP contribution in [0.15, 0.2) is 4.34 Å². The molecule has 17 heavy (non-hydrogen) atoms. The van der Waals surface area contributed by atoms with Crippen LogP contribution in [0.25, 0.3) is 0 Å². The van der Waals surface area contributed by atoms with Gasteiger partial charge in [-0.2, -0.15) is 13.2 Å². The van der Waals surface area contributed by atoms with Gasteiger partial charge in [-0.05, 0) is 12.8 Å². The van der Waals surface area contributed by atoms with E-state index in [1.165, 1.54) is 0 Å². The Balaban J connectivity index is 1.82. The molecule has 0 bridgehead atoms. The van der Waals surface area contributed by atoms with E-state index in [2.05, 4.69) is 15.5 Å². The van der Waals surface area contributed by atoms with Gasteiger partial charge in [0.1, 0.15) is 0 Å². The second-order valence-electron chi connectivity index (χ2n) is 3.50. The van der Waals surface area contributed by atoms with Crippen molar-refractivity contribution in [3.63, 3.8) is 0 Å². The fourth-order valence-electron chi connectivity index (χ4n) is 1.01. The number of amides is 1. The van der Waals surface area contributed by atoms with Crippen LogP contribution in [0.2, 0.25) is 0 Å². The summed E-state index contributed by atoms with van der Waals surface area (Å²) in [5.41, 5.74) is 0. The van der Waals surface area contributed by atoms with Crippen LogP contribution in [0.5, 0.6) is 0 Å². The van der Waals surface area contributed by atoms with E-state index < -0.39 is 11.2 Å². The maximum Gasteiger partial charge on any atom is 0.445 e. The van der Waals surface area contributed by atoms with Gasteiger partial charge in [0.15, 0.2) is 4.34 Å². The van der Waals surface area contributed by atoms with Gasteiger partial charge in [0.25, 0.3) is 0 Å². The summed E-state index contributed by atoms with van der Waals surface area (Å²) in [6.45, 7) is 0. The first-order chi connectivity index (χ1) is 7.95. The number of nitrogens with zero attached hydrogens (tertiary/aromatic N) is 2. The maximum atomic E-state index is 12.2. The minimum Gasteiger partial charge on any atom is -0.353 e. The van der Waals surface area contributed by atoms with Gasteiger partial charge in [-0.3, -0.25) is 4.79 Å². The van der Waals surface area contributed by atoms with Crippen molar-refractivity contribution in [3.05, 3.63) is 5.01 Å². The van der Waals surface area contributed by atoms with Crippen molar-refractivity contribution in [2.45, 2.75) is 29.4 Å². The third-order valence-electron chi connectivity index (χ3n) is 1.92. The van der Waals surface area contributed by atoms with Crippen LogP contribution < -0.4 is 5.32 Å². The fraction of sp³-hybridized carbons (Fsp3) is 0.625. The Labute approximate surface area is 103 Å². The van der Waals surface area contributed by atoms with Crippen LogP contribution in [0, 0.1) is 0 Å². The van der Waals surface area contributed by atoms with Gasteiger partial charge < -0.3 is 5.32 Å². The molecular formula is C8H8F3N3OS2. The molecule has 1 aliphatic carbocycles. The first kappa shape index (κ1) is 12.6. The minimum absolute atomic E-state index is 0.0724. The van der Waals surface area contributed by atoms with Crippen LogP contribution in [-0.4, -0.2) is 27.9 Å². The van der Waals surface area contributed by atoms with E-state index >= 15 is 0 Å². The predicted octanol–water partition coefficient (Wildman–Crippen LogP) is 1.93. The van der Waals surface area contributed by atoms with Crippen LogP contribution in [-0.2, 0) is 11.0 Å². The van der Waals surface area contributed by atoms with Gasteiger partial charge in [0.05, 0.1) is 5.75 Å². The number of halogens is 3. The van der Waals surface area contributed by atoms with Gasteiger partial charge in [-0.1, -0.05) is 23.1 Å². The summed E-state index contributed by atoms with van der Waals surface area (Å²) < 4.78 is 36.8. The van der Waals surface area contributed by atoms with Gasteiger partial charge in [0, 0.05) is 6.04 Å². The number of rotatable bonds is 4.